The molecule has 0 atom stereocenters. The Morgan fingerprint density at radius 1 is 1.14 bits per heavy atom. The number of rotatable bonds is 4. The van der Waals surface area contributed by atoms with Crippen molar-refractivity contribution in [2.75, 3.05) is 25.5 Å². The van der Waals surface area contributed by atoms with E-state index in [1.165, 1.54) is 0 Å². The van der Waals surface area contributed by atoms with Crippen molar-refractivity contribution in [3.05, 3.63) is 48.9 Å². The van der Waals surface area contributed by atoms with Crippen LogP contribution in [-0.2, 0) is 0 Å². The number of nitrogens with zero attached hydrogens (tertiary/aromatic N) is 4. The highest BCUT2D eigenvalue weighted by molar-refractivity contribution is 5.81. The smallest absolute Gasteiger partial charge is 0.231 e. The predicted molar refractivity (Wildman–Crippen MR) is 109 cm³/mol. The maximum atomic E-state index is 6.05. The molecule has 2 N–H and O–H groups in total. The van der Waals surface area contributed by atoms with E-state index in [9.17, 15) is 0 Å². The van der Waals surface area contributed by atoms with E-state index in [-0.39, 0.29) is 0 Å². The van der Waals surface area contributed by atoms with Gasteiger partial charge in [-0.3, -0.25) is 5.10 Å². The molecule has 4 heterocycles. The molecule has 1 fully saturated rings. The Labute approximate surface area is 162 Å². The number of para-hydroxylation sites is 2. The minimum atomic E-state index is 0.395. The zero-order valence-corrected chi connectivity index (χ0v) is 15.7. The van der Waals surface area contributed by atoms with Gasteiger partial charge in [0.05, 0.1) is 11.8 Å². The van der Waals surface area contributed by atoms with Crippen LogP contribution in [0.15, 0.2) is 53.3 Å². The lowest BCUT2D eigenvalue weighted by atomic mass is 10.0. The maximum Gasteiger partial charge on any atom is 0.231 e. The van der Waals surface area contributed by atoms with Crippen LogP contribution < -0.4 is 5.32 Å². The number of benzene rings is 1. The Morgan fingerprint density at radius 2 is 2.00 bits per heavy atom. The van der Waals surface area contributed by atoms with Gasteiger partial charge in [-0.15, -0.1) is 0 Å². The number of aromatic nitrogens is 4. The number of H-pyrrole nitrogens is 1. The predicted octanol–water partition coefficient (Wildman–Crippen LogP) is 3.79. The third kappa shape index (κ3) is 3.25. The van der Waals surface area contributed by atoms with E-state index in [0.29, 0.717) is 11.9 Å². The molecule has 0 unspecified atom stereocenters. The zero-order chi connectivity index (χ0) is 18.9. The Morgan fingerprint density at radius 3 is 2.79 bits per heavy atom. The molecule has 1 aliphatic rings. The van der Waals surface area contributed by atoms with E-state index in [2.05, 4.69) is 33.5 Å². The number of fused-ring (bicyclic) bond motifs is 1. The molecule has 1 saturated heterocycles. The Hall–Kier alpha value is -3.19. The fraction of sp³-hybridized carbons (Fsp3) is 0.286. The summed E-state index contributed by atoms with van der Waals surface area (Å²) in [5, 5.41) is 10.5. The maximum absolute atomic E-state index is 6.05. The molecule has 0 spiro atoms. The van der Waals surface area contributed by atoms with E-state index in [1.54, 1.807) is 6.20 Å². The van der Waals surface area contributed by atoms with E-state index in [0.717, 1.165) is 59.5 Å². The molecule has 1 aliphatic heterocycles. The first-order valence-corrected chi connectivity index (χ1v) is 9.56. The van der Waals surface area contributed by atoms with Crippen molar-refractivity contribution < 1.29 is 4.42 Å². The van der Waals surface area contributed by atoms with Crippen molar-refractivity contribution in [1.82, 2.24) is 25.1 Å². The highest BCUT2D eigenvalue weighted by atomic mass is 16.3. The number of hydrogen-bond donors (Lipinski definition) is 2. The number of likely N-dealkylation sites (tertiary alicyclic amines) is 1. The number of hydrogen-bond acceptors (Lipinski definition) is 6. The topological polar surface area (TPSA) is 82.9 Å². The quantitative estimate of drug-likeness (QED) is 0.566. The van der Waals surface area contributed by atoms with Gasteiger partial charge in [0, 0.05) is 29.6 Å². The molecular formula is C21H22N6O. The molecule has 0 amide bonds. The first-order valence-electron chi connectivity index (χ1n) is 9.56. The molecule has 0 aliphatic carbocycles. The average Bonchev–Trinajstić information content (AvgIpc) is 3.40. The molecule has 4 aromatic rings. The summed E-state index contributed by atoms with van der Waals surface area (Å²) in [6, 6.07) is 10.3. The highest BCUT2D eigenvalue weighted by Gasteiger charge is 2.21. The standard InChI is InChI=1S/C21H22N6O/c1-27-8-6-16(7-9-27)25-20-17(10-14(11-22-20)15-12-23-24-13-15)21-26-18-4-2-3-5-19(18)28-21/h2-5,10-13,16H,6-9H2,1H3,(H,22,25)(H,23,24). The Bertz CT molecular complexity index is 1050. The van der Waals surface area contributed by atoms with Crippen molar-refractivity contribution in [2.24, 2.45) is 0 Å². The van der Waals surface area contributed by atoms with Crippen LogP contribution in [0.1, 0.15) is 12.8 Å². The average molecular weight is 374 g/mol. The van der Waals surface area contributed by atoms with Gasteiger partial charge < -0.3 is 14.6 Å². The van der Waals surface area contributed by atoms with Crippen LogP contribution >= 0.6 is 0 Å². The summed E-state index contributed by atoms with van der Waals surface area (Å²) in [7, 11) is 2.16. The molecule has 142 valence electrons. The fourth-order valence-electron chi connectivity index (χ4n) is 3.64. The second-order valence-electron chi connectivity index (χ2n) is 7.32. The second-order valence-corrected chi connectivity index (χ2v) is 7.32. The summed E-state index contributed by atoms with van der Waals surface area (Å²) in [4.78, 5) is 11.8. The van der Waals surface area contributed by atoms with E-state index in [4.69, 9.17) is 14.4 Å². The lowest BCUT2D eigenvalue weighted by Crippen LogP contribution is -2.37. The van der Waals surface area contributed by atoms with Crippen LogP contribution in [0, 0.1) is 0 Å². The van der Waals surface area contributed by atoms with Crippen molar-refractivity contribution in [2.45, 2.75) is 18.9 Å². The van der Waals surface area contributed by atoms with Gasteiger partial charge in [-0.05, 0) is 51.2 Å². The minimum absolute atomic E-state index is 0.395. The molecule has 1 aromatic carbocycles. The van der Waals surface area contributed by atoms with Gasteiger partial charge in [-0.25, -0.2) is 9.97 Å². The van der Waals surface area contributed by atoms with Crippen LogP contribution in [0.3, 0.4) is 0 Å². The Kier molecular flexibility index (Phi) is 4.29. The highest BCUT2D eigenvalue weighted by Crippen LogP contribution is 2.33. The number of piperidine rings is 1. The van der Waals surface area contributed by atoms with Crippen molar-refractivity contribution in [3.63, 3.8) is 0 Å². The lowest BCUT2D eigenvalue weighted by molar-refractivity contribution is 0.263. The van der Waals surface area contributed by atoms with Crippen LogP contribution in [-0.4, -0.2) is 51.2 Å². The van der Waals surface area contributed by atoms with Gasteiger partial charge in [0.15, 0.2) is 5.58 Å². The van der Waals surface area contributed by atoms with Crippen LogP contribution in [0.25, 0.3) is 33.7 Å². The largest absolute Gasteiger partial charge is 0.436 e. The summed E-state index contributed by atoms with van der Waals surface area (Å²) in [5.41, 5.74) is 4.44. The zero-order valence-electron chi connectivity index (χ0n) is 15.7. The SMILES string of the molecule is CN1CCC(Nc2ncc(-c3cn[nH]c3)cc2-c2nc3ccccc3o2)CC1. The fourth-order valence-corrected chi connectivity index (χ4v) is 3.64. The molecule has 28 heavy (non-hydrogen) atoms. The van der Waals surface area contributed by atoms with Crippen molar-refractivity contribution >= 4 is 16.9 Å². The van der Waals surface area contributed by atoms with Crippen LogP contribution in [0.4, 0.5) is 5.82 Å². The molecule has 0 radical (unpaired) electrons. The van der Waals surface area contributed by atoms with Gasteiger partial charge in [0.25, 0.3) is 0 Å². The summed E-state index contributed by atoms with van der Waals surface area (Å²) in [6.45, 7) is 2.17. The Balaban J connectivity index is 1.55. The lowest BCUT2D eigenvalue weighted by Gasteiger charge is -2.30. The minimum Gasteiger partial charge on any atom is -0.436 e. The van der Waals surface area contributed by atoms with E-state index in [1.807, 2.05) is 36.7 Å². The molecule has 3 aromatic heterocycles. The van der Waals surface area contributed by atoms with Gasteiger partial charge in [-0.1, -0.05) is 12.1 Å². The van der Waals surface area contributed by atoms with Crippen molar-refractivity contribution in [1.29, 1.82) is 0 Å². The summed E-state index contributed by atoms with van der Waals surface area (Å²) in [5.74, 6) is 1.39. The summed E-state index contributed by atoms with van der Waals surface area (Å²) >= 11 is 0. The normalized spacial score (nSPS) is 15.9. The molecule has 7 heteroatoms. The molecular weight excluding hydrogens is 352 g/mol. The van der Waals surface area contributed by atoms with E-state index < -0.39 is 0 Å². The third-order valence-corrected chi connectivity index (χ3v) is 5.30. The van der Waals surface area contributed by atoms with Crippen LogP contribution in [0.2, 0.25) is 0 Å². The van der Waals surface area contributed by atoms with Gasteiger partial charge in [-0.2, -0.15) is 5.10 Å². The molecule has 7 nitrogen and oxygen atoms in total. The number of pyridine rings is 1. The number of nitrogens with one attached hydrogen (secondary N) is 2. The van der Waals surface area contributed by atoms with Crippen molar-refractivity contribution in [3.8, 4) is 22.6 Å². The van der Waals surface area contributed by atoms with Gasteiger partial charge >= 0.3 is 0 Å². The summed E-state index contributed by atoms with van der Waals surface area (Å²) < 4.78 is 6.05. The second kappa shape index (κ2) is 7.09. The monoisotopic (exact) mass is 374 g/mol. The molecule has 0 saturated carbocycles. The van der Waals surface area contributed by atoms with E-state index >= 15 is 0 Å². The van der Waals surface area contributed by atoms with Gasteiger partial charge in [0.2, 0.25) is 5.89 Å². The number of anilines is 1. The number of aromatic amines is 1. The summed E-state index contributed by atoms with van der Waals surface area (Å²) in [6.07, 6.45) is 7.70. The molecule has 5 rings (SSSR count). The third-order valence-electron chi connectivity index (χ3n) is 5.30. The molecule has 0 bridgehead atoms. The van der Waals surface area contributed by atoms with Gasteiger partial charge in [0.1, 0.15) is 11.3 Å². The first-order chi connectivity index (χ1) is 13.8. The van der Waals surface area contributed by atoms with Crippen LogP contribution in [0.5, 0.6) is 0 Å². The first kappa shape index (κ1) is 16.9. The number of oxazole rings is 1.